The van der Waals surface area contributed by atoms with Gasteiger partial charge in [-0.25, -0.2) is 0 Å². The molecule has 4 rings (SSSR count). The summed E-state index contributed by atoms with van der Waals surface area (Å²) < 4.78 is 8.30. The molecule has 1 aliphatic heterocycles. The second-order valence-corrected chi connectivity index (χ2v) is 6.54. The van der Waals surface area contributed by atoms with Crippen molar-refractivity contribution in [2.75, 3.05) is 19.7 Å². The Morgan fingerprint density at radius 3 is 2.88 bits per heavy atom. The lowest BCUT2D eigenvalue weighted by Gasteiger charge is -2.14. The minimum Gasteiger partial charge on any atom is -0.493 e. The molecule has 1 N–H and O–H groups in total. The monoisotopic (exact) mass is 340 g/mol. The molecular weight excluding hydrogens is 320 g/mol. The zero-order valence-electron chi connectivity index (χ0n) is 13.8. The lowest BCUT2D eigenvalue weighted by atomic mass is 10.0. The number of hydrogen-bond acceptors (Lipinski definition) is 2. The topological polar surface area (TPSA) is 26.2 Å². The van der Waals surface area contributed by atoms with Gasteiger partial charge in [0.1, 0.15) is 5.75 Å². The molecule has 3 aromatic rings. The first-order valence-electron chi connectivity index (χ1n) is 8.52. The van der Waals surface area contributed by atoms with E-state index in [-0.39, 0.29) is 0 Å². The third-order valence-corrected chi connectivity index (χ3v) is 4.81. The largest absolute Gasteiger partial charge is 0.493 e. The Bertz CT molecular complexity index is 885. The zero-order chi connectivity index (χ0) is 16.5. The van der Waals surface area contributed by atoms with Crippen LogP contribution in [0, 0.1) is 0 Å². The molecule has 4 heteroatoms. The summed E-state index contributed by atoms with van der Waals surface area (Å²) in [6, 6.07) is 14.6. The predicted molar refractivity (Wildman–Crippen MR) is 100 cm³/mol. The van der Waals surface area contributed by atoms with Gasteiger partial charge in [-0.3, -0.25) is 0 Å². The Hall–Kier alpha value is -1.97. The molecule has 2 aromatic carbocycles. The van der Waals surface area contributed by atoms with Crippen LogP contribution in [0.5, 0.6) is 5.75 Å². The van der Waals surface area contributed by atoms with Gasteiger partial charge in [0.05, 0.1) is 12.1 Å². The van der Waals surface area contributed by atoms with Crippen LogP contribution in [0.15, 0.2) is 42.5 Å². The zero-order valence-corrected chi connectivity index (χ0v) is 14.6. The highest BCUT2D eigenvalue weighted by atomic mass is 35.5. The van der Waals surface area contributed by atoms with Gasteiger partial charge in [0, 0.05) is 53.3 Å². The maximum absolute atomic E-state index is 6.44. The molecule has 0 saturated heterocycles. The summed E-state index contributed by atoms with van der Waals surface area (Å²) in [5.41, 5.74) is 4.87. The number of rotatable bonds is 3. The van der Waals surface area contributed by atoms with Crippen LogP contribution in [0.2, 0.25) is 5.02 Å². The third-order valence-electron chi connectivity index (χ3n) is 4.59. The summed E-state index contributed by atoms with van der Waals surface area (Å²) in [6.07, 6.45) is 1.04. The van der Waals surface area contributed by atoms with Crippen LogP contribution in [0.3, 0.4) is 0 Å². The number of nitrogens with one attached hydrogen (secondary N) is 1. The Labute approximate surface area is 147 Å². The molecule has 2 heterocycles. The number of benzene rings is 2. The fourth-order valence-electron chi connectivity index (χ4n) is 3.60. The van der Waals surface area contributed by atoms with Crippen LogP contribution in [-0.4, -0.2) is 24.3 Å². The first-order valence-corrected chi connectivity index (χ1v) is 8.90. The van der Waals surface area contributed by atoms with Crippen molar-refractivity contribution in [2.24, 2.45) is 0 Å². The fraction of sp³-hybridized carbons (Fsp3) is 0.300. The number of nitrogens with zero attached hydrogens (tertiary/aromatic N) is 1. The van der Waals surface area contributed by atoms with Gasteiger partial charge < -0.3 is 14.6 Å². The number of hydrogen-bond donors (Lipinski definition) is 1. The molecule has 1 aliphatic rings. The van der Waals surface area contributed by atoms with Crippen molar-refractivity contribution in [3.8, 4) is 16.9 Å². The van der Waals surface area contributed by atoms with Crippen molar-refractivity contribution in [3.63, 3.8) is 0 Å². The van der Waals surface area contributed by atoms with E-state index in [9.17, 15) is 0 Å². The molecule has 1 aromatic heterocycles. The molecular formula is C20H21ClN2O. The van der Waals surface area contributed by atoms with E-state index in [0.29, 0.717) is 6.61 Å². The average Bonchev–Trinajstić information content (AvgIpc) is 2.76. The first-order chi connectivity index (χ1) is 11.8. The predicted octanol–water partition coefficient (Wildman–Crippen LogP) is 4.51. The molecule has 24 heavy (non-hydrogen) atoms. The third kappa shape index (κ3) is 2.68. The molecule has 0 unspecified atom stereocenters. The maximum Gasteiger partial charge on any atom is 0.127 e. The molecule has 0 spiro atoms. The fourth-order valence-corrected chi connectivity index (χ4v) is 3.83. The molecule has 0 saturated carbocycles. The molecule has 0 atom stereocenters. The summed E-state index contributed by atoms with van der Waals surface area (Å²) in [5, 5.41) is 5.45. The summed E-state index contributed by atoms with van der Waals surface area (Å²) in [6.45, 7) is 5.65. The van der Waals surface area contributed by atoms with Crippen molar-refractivity contribution in [1.29, 1.82) is 0 Å². The van der Waals surface area contributed by atoms with Crippen molar-refractivity contribution in [3.05, 3.63) is 53.2 Å². The van der Waals surface area contributed by atoms with Crippen LogP contribution in [0.1, 0.15) is 12.6 Å². The normalized spacial score (nSPS) is 14.4. The second-order valence-electron chi connectivity index (χ2n) is 6.11. The van der Waals surface area contributed by atoms with Crippen LogP contribution in [0.4, 0.5) is 0 Å². The quantitative estimate of drug-likeness (QED) is 0.759. The highest BCUT2D eigenvalue weighted by molar-refractivity contribution is 6.32. The number of para-hydroxylation sites is 1. The molecule has 3 nitrogen and oxygen atoms in total. The van der Waals surface area contributed by atoms with Crippen molar-refractivity contribution in [1.82, 2.24) is 9.88 Å². The standard InChI is InChI=1S/C20H21ClN2O/c1-2-24-19-6-4-3-5-17(19)18-13-15(21)11-14-12-16-7-8-22-9-10-23(16)20(14)18/h3-6,11-13,22H,2,7-10H2,1H3. The van der Waals surface area contributed by atoms with E-state index < -0.39 is 0 Å². The van der Waals surface area contributed by atoms with Gasteiger partial charge in [0.15, 0.2) is 0 Å². The summed E-state index contributed by atoms with van der Waals surface area (Å²) in [5.74, 6) is 0.908. The number of aromatic nitrogens is 1. The van der Waals surface area contributed by atoms with E-state index in [2.05, 4.69) is 40.2 Å². The van der Waals surface area contributed by atoms with Crippen LogP contribution >= 0.6 is 11.6 Å². The van der Waals surface area contributed by atoms with Crippen LogP contribution in [0.25, 0.3) is 22.0 Å². The lowest BCUT2D eigenvalue weighted by molar-refractivity contribution is 0.341. The second kappa shape index (κ2) is 6.50. The molecule has 0 aliphatic carbocycles. The highest BCUT2D eigenvalue weighted by Crippen LogP contribution is 2.38. The Kier molecular flexibility index (Phi) is 4.21. The van der Waals surface area contributed by atoms with Gasteiger partial charge >= 0.3 is 0 Å². The number of halogens is 1. The number of fused-ring (bicyclic) bond motifs is 3. The lowest BCUT2D eigenvalue weighted by Crippen LogP contribution is -2.17. The van der Waals surface area contributed by atoms with E-state index in [4.69, 9.17) is 16.3 Å². The minimum absolute atomic E-state index is 0.650. The van der Waals surface area contributed by atoms with Crippen molar-refractivity contribution in [2.45, 2.75) is 19.9 Å². The van der Waals surface area contributed by atoms with E-state index in [1.165, 1.54) is 16.6 Å². The Balaban J connectivity index is 2.00. The Morgan fingerprint density at radius 2 is 2.00 bits per heavy atom. The average molecular weight is 341 g/mol. The highest BCUT2D eigenvalue weighted by Gasteiger charge is 2.18. The van der Waals surface area contributed by atoms with E-state index in [0.717, 1.165) is 48.0 Å². The van der Waals surface area contributed by atoms with Gasteiger partial charge in [0.25, 0.3) is 0 Å². The van der Waals surface area contributed by atoms with Gasteiger partial charge in [-0.05, 0) is 31.2 Å². The summed E-state index contributed by atoms with van der Waals surface area (Å²) >= 11 is 6.44. The van der Waals surface area contributed by atoms with Crippen molar-refractivity contribution >= 4 is 22.5 Å². The van der Waals surface area contributed by atoms with Gasteiger partial charge in [-0.2, -0.15) is 0 Å². The van der Waals surface area contributed by atoms with E-state index in [1.54, 1.807) is 0 Å². The van der Waals surface area contributed by atoms with Gasteiger partial charge in [0.2, 0.25) is 0 Å². The first kappa shape index (κ1) is 15.6. The van der Waals surface area contributed by atoms with Gasteiger partial charge in [-0.1, -0.05) is 29.8 Å². The maximum atomic E-state index is 6.44. The molecule has 0 fully saturated rings. The van der Waals surface area contributed by atoms with Crippen LogP contribution < -0.4 is 10.1 Å². The molecule has 0 amide bonds. The smallest absolute Gasteiger partial charge is 0.127 e. The molecule has 124 valence electrons. The minimum atomic E-state index is 0.650. The summed E-state index contributed by atoms with van der Waals surface area (Å²) in [7, 11) is 0. The Morgan fingerprint density at radius 1 is 1.12 bits per heavy atom. The molecule has 0 radical (unpaired) electrons. The van der Waals surface area contributed by atoms with E-state index in [1.807, 2.05) is 19.1 Å². The van der Waals surface area contributed by atoms with E-state index >= 15 is 0 Å². The SMILES string of the molecule is CCOc1ccccc1-c1cc(Cl)cc2cc3n(c12)CCNCC3. The summed E-state index contributed by atoms with van der Waals surface area (Å²) in [4.78, 5) is 0. The molecule has 0 bridgehead atoms. The van der Waals surface area contributed by atoms with Crippen molar-refractivity contribution < 1.29 is 4.74 Å². The van der Waals surface area contributed by atoms with Gasteiger partial charge in [-0.15, -0.1) is 0 Å². The number of ether oxygens (including phenoxy) is 1. The van der Waals surface area contributed by atoms with Crippen LogP contribution in [-0.2, 0) is 13.0 Å².